The summed E-state index contributed by atoms with van der Waals surface area (Å²) in [7, 11) is 0. The lowest BCUT2D eigenvalue weighted by molar-refractivity contribution is 0.515. The Morgan fingerprint density at radius 3 is 2.66 bits per heavy atom. The molecule has 4 heterocycles. The first kappa shape index (κ1) is 21.4. The zero-order valence-electron chi connectivity index (χ0n) is 18.4. The third kappa shape index (κ3) is 3.91. The molecule has 0 radical (unpaired) electrons. The van der Waals surface area contributed by atoms with Gasteiger partial charge in [0, 0.05) is 26.2 Å². The number of H-pyrrole nitrogens is 1. The number of rotatable bonds is 5. The van der Waals surface area contributed by atoms with Crippen LogP contribution in [0.15, 0.2) is 42.7 Å². The number of hydrogen-bond donors (Lipinski definition) is 3. The van der Waals surface area contributed by atoms with Gasteiger partial charge in [0.2, 0.25) is 5.95 Å². The van der Waals surface area contributed by atoms with E-state index in [9.17, 15) is 13.2 Å². The van der Waals surface area contributed by atoms with Crippen LogP contribution in [0.5, 0.6) is 0 Å². The van der Waals surface area contributed by atoms with Crippen molar-refractivity contribution in [1.29, 1.82) is 0 Å². The summed E-state index contributed by atoms with van der Waals surface area (Å²) in [6, 6.07) is 8.67. The number of piperazine rings is 1. The highest BCUT2D eigenvalue weighted by atomic mass is 19.2. The number of nitrogens with zero attached hydrogens (tertiary/aromatic N) is 6. The summed E-state index contributed by atoms with van der Waals surface area (Å²) < 4.78 is 43.3. The molecule has 2 aromatic carbocycles. The van der Waals surface area contributed by atoms with Gasteiger partial charge in [-0.05, 0) is 30.3 Å². The Morgan fingerprint density at radius 1 is 0.971 bits per heavy atom. The van der Waals surface area contributed by atoms with E-state index in [1.807, 2.05) is 0 Å². The van der Waals surface area contributed by atoms with E-state index < -0.39 is 11.6 Å². The fourth-order valence-electron chi connectivity index (χ4n) is 4.15. The molecule has 0 atom stereocenters. The number of halogens is 3. The van der Waals surface area contributed by atoms with Crippen LogP contribution in [-0.2, 0) is 6.54 Å². The Bertz CT molecular complexity index is 1540. The Hall–Kier alpha value is -4.19. The van der Waals surface area contributed by atoms with Crippen molar-refractivity contribution in [1.82, 2.24) is 34.8 Å². The second-order valence-electron chi connectivity index (χ2n) is 8.17. The number of imidazole rings is 2. The Balaban J connectivity index is 1.40. The minimum atomic E-state index is -0.996. The minimum absolute atomic E-state index is 0.0634. The van der Waals surface area contributed by atoms with Gasteiger partial charge in [0.25, 0.3) is 0 Å². The van der Waals surface area contributed by atoms with Gasteiger partial charge in [-0.1, -0.05) is 6.07 Å². The van der Waals surface area contributed by atoms with E-state index in [0.29, 0.717) is 40.0 Å². The van der Waals surface area contributed by atoms with E-state index in [0.717, 1.165) is 32.2 Å². The third-order valence-electron chi connectivity index (χ3n) is 5.89. The highest BCUT2D eigenvalue weighted by Crippen LogP contribution is 2.26. The molecule has 0 saturated carbocycles. The molecule has 0 bridgehead atoms. The number of aromatic nitrogens is 6. The maximum Gasteiger partial charge on any atom is 0.229 e. The van der Waals surface area contributed by atoms with Gasteiger partial charge in [0.1, 0.15) is 23.5 Å². The van der Waals surface area contributed by atoms with E-state index >= 15 is 0 Å². The molecule has 3 N–H and O–H groups in total. The van der Waals surface area contributed by atoms with Gasteiger partial charge in [-0.15, -0.1) is 0 Å². The second kappa shape index (κ2) is 8.55. The standard InChI is InChI=1S/C23H20F3N9/c24-13-2-1-3-14(10-13)35-12-29-20-21(32-23(33-22(20)35)34-8-6-27-7-9-34)28-11-17-30-16-5-4-15(25)18(26)19(16)31-17/h1-5,10,12,27H,6-9,11H2,(H,30,31)(H,28,32,33). The molecule has 1 aliphatic heterocycles. The molecule has 1 aliphatic rings. The smallest absolute Gasteiger partial charge is 0.229 e. The average Bonchev–Trinajstić information content (AvgIpc) is 3.50. The van der Waals surface area contributed by atoms with Crippen molar-refractivity contribution < 1.29 is 13.2 Å². The van der Waals surface area contributed by atoms with Gasteiger partial charge in [0.05, 0.1) is 17.7 Å². The van der Waals surface area contributed by atoms with Crippen molar-refractivity contribution >= 4 is 34.0 Å². The molecule has 1 saturated heterocycles. The summed E-state index contributed by atoms with van der Waals surface area (Å²) in [4.78, 5) is 23.1. The Kier molecular flexibility index (Phi) is 5.21. The van der Waals surface area contributed by atoms with Crippen LogP contribution in [0.4, 0.5) is 24.9 Å². The molecular formula is C23H20F3N9. The van der Waals surface area contributed by atoms with E-state index in [1.54, 1.807) is 23.0 Å². The molecule has 12 heteroatoms. The second-order valence-corrected chi connectivity index (χ2v) is 8.17. The molecule has 3 aromatic heterocycles. The summed E-state index contributed by atoms with van der Waals surface area (Å²) in [6.07, 6.45) is 1.57. The average molecular weight is 479 g/mol. The van der Waals surface area contributed by atoms with E-state index in [-0.39, 0.29) is 17.9 Å². The van der Waals surface area contributed by atoms with E-state index in [4.69, 9.17) is 9.97 Å². The lowest BCUT2D eigenvalue weighted by atomic mass is 10.3. The van der Waals surface area contributed by atoms with Crippen LogP contribution >= 0.6 is 0 Å². The van der Waals surface area contributed by atoms with Crippen molar-refractivity contribution in [2.75, 3.05) is 36.4 Å². The van der Waals surface area contributed by atoms with Crippen LogP contribution in [0, 0.1) is 17.5 Å². The number of aromatic amines is 1. The predicted molar refractivity (Wildman–Crippen MR) is 125 cm³/mol. The number of anilines is 2. The fraction of sp³-hybridized carbons (Fsp3) is 0.217. The Labute approximate surface area is 197 Å². The van der Waals surface area contributed by atoms with E-state index in [1.165, 1.54) is 18.2 Å². The van der Waals surface area contributed by atoms with Crippen molar-refractivity contribution in [2.24, 2.45) is 0 Å². The summed E-state index contributed by atoms with van der Waals surface area (Å²) in [5.74, 6) is -0.950. The molecule has 35 heavy (non-hydrogen) atoms. The van der Waals surface area contributed by atoms with Crippen LogP contribution in [-0.4, -0.2) is 55.7 Å². The van der Waals surface area contributed by atoms with Crippen molar-refractivity contribution in [3.8, 4) is 5.69 Å². The van der Waals surface area contributed by atoms with Crippen molar-refractivity contribution in [3.63, 3.8) is 0 Å². The first-order valence-electron chi connectivity index (χ1n) is 11.1. The Morgan fingerprint density at radius 2 is 1.83 bits per heavy atom. The number of fused-ring (bicyclic) bond motifs is 2. The van der Waals surface area contributed by atoms with Crippen LogP contribution in [0.25, 0.3) is 27.9 Å². The molecule has 9 nitrogen and oxygen atoms in total. The lowest BCUT2D eigenvalue weighted by Crippen LogP contribution is -2.44. The molecule has 0 unspecified atom stereocenters. The minimum Gasteiger partial charge on any atom is -0.361 e. The summed E-state index contributed by atoms with van der Waals surface area (Å²) in [5.41, 5.74) is 1.91. The van der Waals surface area contributed by atoms with Crippen LogP contribution in [0.1, 0.15) is 5.82 Å². The highest BCUT2D eigenvalue weighted by Gasteiger charge is 2.20. The maximum atomic E-state index is 14.1. The van der Waals surface area contributed by atoms with Gasteiger partial charge >= 0.3 is 0 Å². The first-order chi connectivity index (χ1) is 17.1. The quantitative estimate of drug-likeness (QED) is 0.356. The summed E-state index contributed by atoms with van der Waals surface area (Å²) in [5, 5.41) is 6.50. The third-order valence-corrected chi connectivity index (χ3v) is 5.89. The normalized spacial score (nSPS) is 14.2. The lowest BCUT2D eigenvalue weighted by Gasteiger charge is -2.27. The van der Waals surface area contributed by atoms with Gasteiger partial charge in [0.15, 0.2) is 28.6 Å². The number of hydrogen-bond acceptors (Lipinski definition) is 7. The fourth-order valence-corrected chi connectivity index (χ4v) is 4.15. The van der Waals surface area contributed by atoms with Gasteiger partial charge in [-0.3, -0.25) is 4.57 Å². The van der Waals surface area contributed by atoms with Crippen LogP contribution < -0.4 is 15.5 Å². The molecule has 5 aromatic rings. The molecular weight excluding hydrogens is 459 g/mol. The summed E-state index contributed by atoms with van der Waals surface area (Å²) >= 11 is 0. The van der Waals surface area contributed by atoms with Crippen LogP contribution in [0.2, 0.25) is 0 Å². The largest absolute Gasteiger partial charge is 0.361 e. The van der Waals surface area contributed by atoms with Gasteiger partial charge in [-0.2, -0.15) is 9.97 Å². The molecule has 0 spiro atoms. The van der Waals surface area contributed by atoms with E-state index in [2.05, 4.69) is 30.5 Å². The molecule has 0 aliphatic carbocycles. The molecule has 0 amide bonds. The predicted octanol–water partition coefficient (Wildman–Crippen LogP) is 3.13. The molecule has 1 fully saturated rings. The zero-order chi connectivity index (χ0) is 23.9. The summed E-state index contributed by atoms with van der Waals surface area (Å²) in [6.45, 7) is 3.22. The molecule has 178 valence electrons. The van der Waals surface area contributed by atoms with Gasteiger partial charge in [-0.25, -0.2) is 23.1 Å². The topological polar surface area (TPSA) is 99.6 Å². The van der Waals surface area contributed by atoms with Crippen molar-refractivity contribution in [2.45, 2.75) is 6.54 Å². The van der Waals surface area contributed by atoms with Gasteiger partial charge < -0.3 is 20.5 Å². The van der Waals surface area contributed by atoms with Crippen LogP contribution in [0.3, 0.4) is 0 Å². The monoisotopic (exact) mass is 479 g/mol. The number of nitrogens with one attached hydrogen (secondary N) is 3. The number of benzene rings is 2. The maximum absolute atomic E-state index is 14.1. The zero-order valence-corrected chi connectivity index (χ0v) is 18.4. The molecule has 6 rings (SSSR count). The first-order valence-corrected chi connectivity index (χ1v) is 11.1. The SMILES string of the molecule is Fc1cccc(-n2cnc3c(NCc4nc5c(F)c(F)ccc5[nH]4)nc(N4CCNCC4)nc32)c1. The highest BCUT2D eigenvalue weighted by molar-refractivity contribution is 5.85. The van der Waals surface area contributed by atoms with Crippen molar-refractivity contribution in [3.05, 3.63) is 66.0 Å².